The third-order valence-corrected chi connectivity index (χ3v) is 7.36. The van der Waals surface area contributed by atoms with E-state index in [4.69, 9.17) is 5.73 Å². The van der Waals surface area contributed by atoms with Gasteiger partial charge in [-0.05, 0) is 52.2 Å². The van der Waals surface area contributed by atoms with E-state index in [1.807, 2.05) is 0 Å². The Morgan fingerprint density at radius 1 is 0.776 bits per heavy atom. The molecule has 0 atom stereocenters. The maximum Gasteiger partial charge on any atom is 0.312 e. The highest BCUT2D eigenvalue weighted by molar-refractivity contribution is 9.12. The van der Waals surface area contributed by atoms with Crippen LogP contribution < -0.4 is 37.6 Å². The molecule has 0 bridgehead atoms. The molecular formula is C31H36BrN11O6. The normalized spacial score (nSPS) is 10.6. The number of aromatic amines is 2. The van der Waals surface area contributed by atoms with Gasteiger partial charge in [-0.2, -0.15) is 0 Å². The molecule has 4 aromatic heterocycles. The fourth-order valence-electron chi connectivity index (χ4n) is 4.64. The van der Waals surface area contributed by atoms with Gasteiger partial charge < -0.3 is 56.7 Å². The Kier molecular flexibility index (Phi) is 11.8. The number of nitrogens with zero attached hydrogens (tertiary/aromatic N) is 2. The van der Waals surface area contributed by atoms with Crippen molar-refractivity contribution < 1.29 is 28.8 Å². The summed E-state index contributed by atoms with van der Waals surface area (Å²) in [5.74, 6) is -1.95. The van der Waals surface area contributed by atoms with Crippen LogP contribution in [0.4, 0.5) is 21.9 Å². The molecule has 17 nitrogen and oxygen atoms in total. The van der Waals surface area contributed by atoms with E-state index in [9.17, 15) is 28.8 Å². The van der Waals surface area contributed by atoms with Crippen LogP contribution in [0.25, 0.3) is 0 Å². The first kappa shape index (κ1) is 35.8. The lowest BCUT2D eigenvalue weighted by atomic mass is 10.3. The van der Waals surface area contributed by atoms with Crippen LogP contribution in [0.2, 0.25) is 0 Å². The van der Waals surface area contributed by atoms with E-state index in [0.29, 0.717) is 47.8 Å². The third kappa shape index (κ3) is 10.2. The monoisotopic (exact) mass is 737 g/mol. The van der Waals surface area contributed by atoms with Gasteiger partial charge in [0.2, 0.25) is 5.91 Å². The van der Waals surface area contributed by atoms with E-state index in [0.717, 1.165) is 0 Å². The first-order valence-corrected chi connectivity index (χ1v) is 15.6. The van der Waals surface area contributed by atoms with Gasteiger partial charge in [0.1, 0.15) is 17.1 Å². The van der Waals surface area contributed by atoms with Crippen LogP contribution in [0.1, 0.15) is 49.1 Å². The number of anilines is 3. The lowest BCUT2D eigenvalue weighted by Gasteiger charge is -2.05. The van der Waals surface area contributed by atoms with Crippen molar-refractivity contribution in [2.24, 2.45) is 19.8 Å². The number of rotatable bonds is 15. The number of hydrogen-bond acceptors (Lipinski definition) is 6. The van der Waals surface area contributed by atoms with E-state index in [2.05, 4.69) is 64.4 Å². The molecule has 0 aliphatic carbocycles. The second-order valence-electron chi connectivity index (χ2n) is 10.9. The molecule has 4 rings (SSSR count). The van der Waals surface area contributed by atoms with Crippen molar-refractivity contribution in [2.75, 3.05) is 29.0 Å². The van der Waals surface area contributed by atoms with Crippen LogP contribution in [0, 0.1) is 0 Å². The molecule has 0 aliphatic rings. The largest absolute Gasteiger partial charge is 0.363 e. The highest BCUT2D eigenvalue weighted by Crippen LogP contribution is 2.20. The second kappa shape index (κ2) is 16.2. The predicted molar refractivity (Wildman–Crippen MR) is 185 cm³/mol. The summed E-state index contributed by atoms with van der Waals surface area (Å²) in [6.07, 6.45) is 6.92. The maximum atomic E-state index is 13.1. The van der Waals surface area contributed by atoms with Crippen LogP contribution in [0.5, 0.6) is 0 Å². The van der Waals surface area contributed by atoms with E-state index >= 15 is 0 Å². The van der Waals surface area contributed by atoms with E-state index in [1.165, 1.54) is 12.1 Å². The summed E-state index contributed by atoms with van der Waals surface area (Å²) in [4.78, 5) is 79.3. The minimum absolute atomic E-state index is 0.0622. The summed E-state index contributed by atoms with van der Waals surface area (Å²) < 4.78 is 3.30. The molecule has 0 saturated carbocycles. The number of aryl methyl sites for hydroxylation is 2. The lowest BCUT2D eigenvalue weighted by Crippen LogP contribution is -2.33. The predicted octanol–water partition coefficient (Wildman–Crippen LogP) is 2.02. The van der Waals surface area contributed by atoms with E-state index in [-0.39, 0.29) is 46.3 Å². The summed E-state index contributed by atoms with van der Waals surface area (Å²) in [5, 5.41) is 16.1. The lowest BCUT2D eigenvalue weighted by molar-refractivity contribution is -0.120. The molecule has 0 saturated heterocycles. The fraction of sp³-hybridized carbons (Fsp3) is 0.226. The van der Waals surface area contributed by atoms with Gasteiger partial charge in [0, 0.05) is 64.2 Å². The second-order valence-corrected chi connectivity index (χ2v) is 11.9. The zero-order chi connectivity index (χ0) is 35.7. The zero-order valence-corrected chi connectivity index (χ0v) is 28.2. The number of halogens is 1. The zero-order valence-electron chi connectivity index (χ0n) is 26.7. The highest BCUT2D eigenvalue weighted by Gasteiger charge is 2.19. The Hall–Kier alpha value is -6.04. The van der Waals surface area contributed by atoms with Gasteiger partial charge in [0.25, 0.3) is 23.6 Å². The third-order valence-electron chi connectivity index (χ3n) is 7.00. The van der Waals surface area contributed by atoms with Crippen LogP contribution in [0.3, 0.4) is 0 Å². The maximum absolute atomic E-state index is 13.1. The molecule has 4 heterocycles. The molecule has 0 aromatic carbocycles. The Morgan fingerprint density at radius 3 is 1.98 bits per heavy atom. The van der Waals surface area contributed by atoms with Crippen molar-refractivity contribution in [3.05, 3.63) is 88.5 Å². The van der Waals surface area contributed by atoms with Gasteiger partial charge in [-0.3, -0.25) is 24.0 Å². The summed E-state index contributed by atoms with van der Waals surface area (Å²) >= 11 is 3.01. The Balaban J connectivity index is 1.28. The van der Waals surface area contributed by atoms with Crippen molar-refractivity contribution in [2.45, 2.75) is 19.4 Å². The van der Waals surface area contributed by atoms with Crippen LogP contribution in [0.15, 0.2) is 60.1 Å². The Bertz CT molecular complexity index is 1900. The quantitative estimate of drug-likeness (QED) is 0.0652. The standard InChI is InChI=1S/C31H36BrN11O6/c1-17(32)27(45)38-13-18-7-23(37-12-18)28(46)40-21-9-25(42(2)15-21)30(48)41-22-10-24(43(3)16-22)29(47)39-20-8-19(36-14-20)11-26(44)34-5-4-6-35-31(33)49/h7-10,12,14-16,36-37H,1,4-6,11,13H2,2-3H3,(H,34,44)(H,38,45)(H,39,47)(H,40,46)(H,41,48)(H3,33,35,49). The smallest absolute Gasteiger partial charge is 0.312 e. The minimum Gasteiger partial charge on any atom is -0.363 e. The molecular weight excluding hydrogens is 702 g/mol. The number of nitrogens with two attached hydrogens (primary N) is 1. The number of primary amides is 1. The molecule has 10 N–H and O–H groups in total. The molecule has 49 heavy (non-hydrogen) atoms. The van der Waals surface area contributed by atoms with Crippen molar-refractivity contribution >= 4 is 68.6 Å². The number of nitrogens with one attached hydrogen (secondary N) is 8. The van der Waals surface area contributed by atoms with E-state index < -0.39 is 23.8 Å². The first-order chi connectivity index (χ1) is 23.3. The number of hydrogen-bond donors (Lipinski definition) is 9. The Morgan fingerprint density at radius 2 is 1.37 bits per heavy atom. The highest BCUT2D eigenvalue weighted by atomic mass is 79.9. The summed E-state index contributed by atoms with van der Waals surface area (Å²) in [6, 6.07) is 5.65. The van der Waals surface area contributed by atoms with Gasteiger partial charge in [-0.15, -0.1) is 0 Å². The van der Waals surface area contributed by atoms with Crippen LogP contribution in [-0.2, 0) is 36.6 Å². The number of amides is 7. The van der Waals surface area contributed by atoms with Crippen molar-refractivity contribution in [1.82, 2.24) is 35.1 Å². The fourth-order valence-corrected chi connectivity index (χ4v) is 4.78. The molecule has 18 heteroatoms. The molecule has 0 aliphatic heterocycles. The van der Waals surface area contributed by atoms with Gasteiger partial charge in [0.15, 0.2) is 0 Å². The number of urea groups is 1. The van der Waals surface area contributed by atoms with Gasteiger partial charge in [-0.25, -0.2) is 4.79 Å². The molecule has 0 radical (unpaired) electrons. The van der Waals surface area contributed by atoms with Crippen molar-refractivity contribution in [3.63, 3.8) is 0 Å². The van der Waals surface area contributed by atoms with Crippen molar-refractivity contribution in [1.29, 1.82) is 0 Å². The van der Waals surface area contributed by atoms with Crippen LogP contribution in [-0.4, -0.2) is 67.8 Å². The number of carbonyl (C=O) groups is 6. The van der Waals surface area contributed by atoms with Gasteiger partial charge in [-0.1, -0.05) is 6.58 Å². The molecule has 0 spiro atoms. The molecule has 4 aromatic rings. The molecule has 0 fully saturated rings. The van der Waals surface area contributed by atoms with Gasteiger partial charge >= 0.3 is 6.03 Å². The number of aromatic nitrogens is 4. The number of carbonyl (C=O) groups excluding carboxylic acids is 6. The summed E-state index contributed by atoms with van der Waals surface area (Å²) in [5.41, 5.74) is 8.24. The SMILES string of the molecule is C=C(Br)C(=O)NCc1c[nH]c(C(=O)Nc2cc(C(=O)Nc3cc(C(=O)Nc4c[nH]c(CC(=O)NCCCNC(N)=O)c4)n(C)c3)n(C)c2)c1. The molecule has 258 valence electrons. The average molecular weight is 739 g/mol. The average Bonchev–Trinajstić information content (AvgIpc) is 3.83. The summed E-state index contributed by atoms with van der Waals surface area (Å²) in [7, 11) is 3.31. The molecule has 0 unspecified atom stereocenters. The first-order valence-electron chi connectivity index (χ1n) is 14.8. The molecule has 7 amide bonds. The topological polar surface area (TPSA) is 242 Å². The van der Waals surface area contributed by atoms with Crippen molar-refractivity contribution in [3.8, 4) is 0 Å². The van der Waals surface area contributed by atoms with Crippen LogP contribution >= 0.6 is 15.9 Å². The Labute approximate surface area is 288 Å². The number of H-pyrrole nitrogens is 2. The minimum atomic E-state index is -0.623. The van der Waals surface area contributed by atoms with Gasteiger partial charge in [0.05, 0.1) is 28.0 Å². The van der Waals surface area contributed by atoms with E-state index in [1.54, 1.807) is 60.1 Å². The summed E-state index contributed by atoms with van der Waals surface area (Å²) in [6.45, 7) is 4.42.